The van der Waals surface area contributed by atoms with Gasteiger partial charge >= 0.3 is 6.03 Å². The molecule has 0 aliphatic rings. The molecule has 0 aromatic heterocycles. The summed E-state index contributed by atoms with van der Waals surface area (Å²) in [5, 5.41) is 5.34. The molecule has 0 fully saturated rings. The van der Waals surface area contributed by atoms with Crippen molar-refractivity contribution in [2.45, 2.75) is 26.7 Å². The van der Waals surface area contributed by atoms with Gasteiger partial charge in [-0.3, -0.25) is 0 Å². The van der Waals surface area contributed by atoms with Gasteiger partial charge in [0.15, 0.2) is 0 Å². The van der Waals surface area contributed by atoms with E-state index in [2.05, 4.69) is 24.5 Å². The first-order chi connectivity index (χ1) is 7.99. The highest BCUT2D eigenvalue weighted by Crippen LogP contribution is 2.31. The molecular weight excluding hydrogens is 216 g/mol. The number of nitrogens with one attached hydrogen (secondary N) is 2. The van der Waals surface area contributed by atoms with Gasteiger partial charge in [-0.15, -0.1) is 0 Å². The number of ether oxygens (including phenoxy) is 1. The van der Waals surface area contributed by atoms with Crippen molar-refractivity contribution in [1.82, 2.24) is 5.32 Å². The summed E-state index contributed by atoms with van der Waals surface area (Å²) in [6.45, 7) is 6.13. The summed E-state index contributed by atoms with van der Waals surface area (Å²) in [5.74, 6) is 1.20. The zero-order valence-corrected chi connectivity index (χ0v) is 11.0. The molecule has 1 aromatic rings. The highest BCUT2D eigenvalue weighted by molar-refractivity contribution is 5.90. The Hall–Kier alpha value is -1.71. The van der Waals surface area contributed by atoms with E-state index in [9.17, 15) is 4.79 Å². The third-order valence-electron chi connectivity index (χ3n) is 2.67. The first-order valence-electron chi connectivity index (χ1n) is 5.66. The van der Waals surface area contributed by atoms with E-state index in [1.807, 2.05) is 19.1 Å². The summed E-state index contributed by atoms with van der Waals surface area (Å²) in [6.07, 6.45) is 0. The number of rotatable bonds is 3. The molecule has 0 aliphatic heterocycles. The quantitative estimate of drug-likeness (QED) is 0.847. The number of anilines is 1. The van der Waals surface area contributed by atoms with Crippen LogP contribution in [-0.2, 0) is 0 Å². The van der Waals surface area contributed by atoms with E-state index < -0.39 is 0 Å². The third kappa shape index (κ3) is 3.12. The van der Waals surface area contributed by atoms with E-state index in [4.69, 9.17) is 4.74 Å². The minimum absolute atomic E-state index is 0.215. The predicted octanol–water partition coefficient (Wildman–Crippen LogP) is 2.88. The Morgan fingerprint density at radius 1 is 1.35 bits per heavy atom. The van der Waals surface area contributed by atoms with Crippen LogP contribution in [0.15, 0.2) is 12.1 Å². The molecule has 0 atom stereocenters. The van der Waals surface area contributed by atoms with E-state index in [0.717, 1.165) is 22.6 Å². The third-order valence-corrected chi connectivity index (χ3v) is 2.67. The molecule has 0 radical (unpaired) electrons. The molecule has 0 bridgehead atoms. The van der Waals surface area contributed by atoms with Crippen molar-refractivity contribution in [1.29, 1.82) is 0 Å². The van der Waals surface area contributed by atoms with Crippen LogP contribution in [0.5, 0.6) is 5.75 Å². The largest absolute Gasteiger partial charge is 0.496 e. The normalized spacial score (nSPS) is 10.2. The maximum Gasteiger partial charge on any atom is 0.318 e. The van der Waals surface area contributed by atoms with Crippen molar-refractivity contribution >= 4 is 11.7 Å². The molecule has 4 nitrogen and oxygen atoms in total. The van der Waals surface area contributed by atoms with Gasteiger partial charge in [-0.05, 0) is 36.1 Å². The molecule has 0 spiro atoms. The molecule has 0 saturated carbocycles. The summed E-state index contributed by atoms with van der Waals surface area (Å²) in [6, 6.07) is 3.70. The van der Waals surface area contributed by atoms with Crippen molar-refractivity contribution in [3.63, 3.8) is 0 Å². The minimum atomic E-state index is -0.215. The lowest BCUT2D eigenvalue weighted by Crippen LogP contribution is -2.25. The van der Waals surface area contributed by atoms with Crippen LogP contribution in [0.25, 0.3) is 0 Å². The summed E-state index contributed by atoms with van der Waals surface area (Å²) in [4.78, 5) is 11.3. The van der Waals surface area contributed by atoms with Gasteiger partial charge in [-0.2, -0.15) is 0 Å². The Balaban J connectivity index is 3.15. The van der Waals surface area contributed by atoms with E-state index in [-0.39, 0.29) is 6.03 Å². The number of urea groups is 1. The molecule has 17 heavy (non-hydrogen) atoms. The maximum absolute atomic E-state index is 11.3. The Kier molecular flexibility index (Phi) is 4.37. The second-order valence-corrected chi connectivity index (χ2v) is 4.27. The van der Waals surface area contributed by atoms with Gasteiger partial charge in [-0.1, -0.05) is 13.8 Å². The van der Waals surface area contributed by atoms with Crippen LogP contribution in [0.3, 0.4) is 0 Å². The van der Waals surface area contributed by atoms with Crippen LogP contribution in [0.4, 0.5) is 10.5 Å². The molecule has 0 saturated heterocycles. The molecule has 2 amide bonds. The summed E-state index contributed by atoms with van der Waals surface area (Å²) >= 11 is 0. The summed E-state index contributed by atoms with van der Waals surface area (Å²) < 4.78 is 5.35. The monoisotopic (exact) mass is 236 g/mol. The van der Waals surface area contributed by atoms with Crippen molar-refractivity contribution in [3.8, 4) is 5.75 Å². The number of methoxy groups -OCH3 is 1. The van der Waals surface area contributed by atoms with Crippen LogP contribution >= 0.6 is 0 Å². The molecular formula is C13H20N2O2. The number of aryl methyl sites for hydroxylation is 1. The fourth-order valence-corrected chi connectivity index (χ4v) is 1.65. The smallest absolute Gasteiger partial charge is 0.318 e. The van der Waals surface area contributed by atoms with Crippen molar-refractivity contribution in [2.24, 2.45) is 0 Å². The van der Waals surface area contributed by atoms with Crippen LogP contribution < -0.4 is 15.4 Å². The summed E-state index contributed by atoms with van der Waals surface area (Å²) in [5.41, 5.74) is 2.88. The number of amides is 2. The second kappa shape index (κ2) is 5.57. The molecule has 0 unspecified atom stereocenters. The number of carbonyl (C=O) groups is 1. The zero-order valence-electron chi connectivity index (χ0n) is 11.0. The Bertz CT molecular complexity index is 414. The summed E-state index contributed by atoms with van der Waals surface area (Å²) in [7, 11) is 3.25. The molecule has 0 heterocycles. The molecule has 1 aromatic carbocycles. The molecule has 0 aliphatic carbocycles. The van der Waals surface area contributed by atoms with E-state index in [1.54, 1.807) is 14.2 Å². The average molecular weight is 236 g/mol. The lowest BCUT2D eigenvalue weighted by atomic mass is 9.99. The Morgan fingerprint density at radius 3 is 2.47 bits per heavy atom. The SMILES string of the molecule is CNC(=O)Nc1cc(C(C)C)c(OC)cc1C. The van der Waals surface area contributed by atoms with Gasteiger partial charge in [0.25, 0.3) is 0 Å². The van der Waals surface area contributed by atoms with E-state index in [1.165, 1.54) is 0 Å². The van der Waals surface area contributed by atoms with Gasteiger partial charge in [0.1, 0.15) is 5.75 Å². The molecule has 2 N–H and O–H groups in total. The lowest BCUT2D eigenvalue weighted by molar-refractivity contribution is 0.254. The topological polar surface area (TPSA) is 50.4 Å². The fourth-order valence-electron chi connectivity index (χ4n) is 1.65. The standard InChI is InChI=1S/C13H20N2O2/c1-8(2)10-7-11(15-13(16)14-4)9(3)6-12(10)17-5/h6-8H,1-5H3,(H2,14,15,16). The second-order valence-electron chi connectivity index (χ2n) is 4.27. The minimum Gasteiger partial charge on any atom is -0.496 e. The number of benzene rings is 1. The lowest BCUT2D eigenvalue weighted by Gasteiger charge is -2.16. The van der Waals surface area contributed by atoms with Gasteiger partial charge < -0.3 is 15.4 Å². The van der Waals surface area contributed by atoms with Crippen LogP contribution in [0.2, 0.25) is 0 Å². The highest BCUT2D eigenvalue weighted by atomic mass is 16.5. The number of carbonyl (C=O) groups excluding carboxylic acids is 1. The molecule has 4 heteroatoms. The van der Waals surface area contributed by atoms with Crippen LogP contribution in [-0.4, -0.2) is 20.2 Å². The first-order valence-corrected chi connectivity index (χ1v) is 5.66. The van der Waals surface area contributed by atoms with Gasteiger partial charge in [-0.25, -0.2) is 4.79 Å². The van der Waals surface area contributed by atoms with Crippen molar-refractivity contribution in [2.75, 3.05) is 19.5 Å². The van der Waals surface area contributed by atoms with Crippen LogP contribution in [0.1, 0.15) is 30.9 Å². The average Bonchev–Trinajstić information content (AvgIpc) is 2.30. The number of hydrogen-bond donors (Lipinski definition) is 2. The molecule has 94 valence electrons. The fraction of sp³-hybridized carbons (Fsp3) is 0.462. The van der Waals surface area contributed by atoms with Gasteiger partial charge in [0, 0.05) is 12.7 Å². The Labute approximate surface area is 102 Å². The maximum atomic E-state index is 11.3. The highest BCUT2D eigenvalue weighted by Gasteiger charge is 2.12. The zero-order chi connectivity index (χ0) is 13.0. The predicted molar refractivity (Wildman–Crippen MR) is 69.9 cm³/mol. The van der Waals surface area contributed by atoms with Gasteiger partial charge in [0.2, 0.25) is 0 Å². The Morgan fingerprint density at radius 2 is 2.00 bits per heavy atom. The van der Waals surface area contributed by atoms with Crippen molar-refractivity contribution < 1.29 is 9.53 Å². The van der Waals surface area contributed by atoms with Crippen LogP contribution in [0, 0.1) is 6.92 Å². The number of hydrogen-bond acceptors (Lipinski definition) is 2. The van der Waals surface area contributed by atoms with E-state index in [0.29, 0.717) is 5.92 Å². The van der Waals surface area contributed by atoms with Crippen molar-refractivity contribution in [3.05, 3.63) is 23.3 Å². The van der Waals surface area contributed by atoms with E-state index >= 15 is 0 Å². The molecule has 1 rings (SSSR count). The first kappa shape index (κ1) is 13.4. The van der Waals surface area contributed by atoms with Gasteiger partial charge in [0.05, 0.1) is 7.11 Å².